The van der Waals surface area contributed by atoms with Gasteiger partial charge in [-0.25, -0.2) is 0 Å². The van der Waals surface area contributed by atoms with Gasteiger partial charge >= 0.3 is 0 Å². The number of nitrogens with zero attached hydrogens (tertiary/aromatic N) is 1. The van der Waals surface area contributed by atoms with Gasteiger partial charge in [-0.2, -0.15) is 0 Å². The molecule has 2 heteroatoms. The molecule has 0 amide bonds. The van der Waals surface area contributed by atoms with Gasteiger partial charge in [0.25, 0.3) is 0 Å². The first-order chi connectivity index (χ1) is 4.13. The fourth-order valence-corrected chi connectivity index (χ4v) is 1.15. The quantitative estimate of drug-likeness (QED) is 0.554. The molecule has 54 valence electrons. The molecular formula is C7H15NO. The highest BCUT2D eigenvalue weighted by molar-refractivity contribution is 4.90. The van der Waals surface area contributed by atoms with Gasteiger partial charge in [0.15, 0.2) is 0 Å². The average molecular weight is 129 g/mol. The van der Waals surface area contributed by atoms with E-state index < -0.39 is 0 Å². The van der Waals surface area contributed by atoms with Crippen LogP contribution in [0.5, 0.6) is 0 Å². The van der Waals surface area contributed by atoms with Crippen LogP contribution < -0.4 is 0 Å². The molecule has 0 radical (unpaired) electrons. The highest BCUT2D eigenvalue weighted by atomic mass is 16.3. The lowest BCUT2D eigenvalue weighted by Gasteiger charge is -2.19. The Kier molecular flexibility index (Phi) is 1.78. The van der Waals surface area contributed by atoms with Gasteiger partial charge < -0.3 is 5.11 Å². The van der Waals surface area contributed by atoms with Crippen LogP contribution in [0.2, 0.25) is 0 Å². The van der Waals surface area contributed by atoms with Crippen molar-refractivity contribution in [2.45, 2.75) is 32.5 Å². The van der Waals surface area contributed by atoms with Crippen molar-refractivity contribution in [3.63, 3.8) is 0 Å². The summed E-state index contributed by atoms with van der Waals surface area (Å²) in [5.74, 6) is 0.796. The molecule has 0 aromatic carbocycles. The lowest BCUT2D eigenvalue weighted by molar-refractivity contribution is 0.0298. The Balaban J connectivity index is 2.27. The maximum atomic E-state index is 9.07. The van der Waals surface area contributed by atoms with E-state index in [0.29, 0.717) is 6.04 Å². The lowest BCUT2D eigenvalue weighted by atomic mass is 10.4. The van der Waals surface area contributed by atoms with Crippen molar-refractivity contribution in [1.29, 1.82) is 0 Å². The van der Waals surface area contributed by atoms with E-state index in [0.717, 1.165) is 5.92 Å². The molecule has 1 rings (SSSR count). The first-order valence-corrected chi connectivity index (χ1v) is 3.53. The van der Waals surface area contributed by atoms with E-state index in [2.05, 4.69) is 6.92 Å². The van der Waals surface area contributed by atoms with Crippen molar-refractivity contribution in [3.8, 4) is 0 Å². The Labute approximate surface area is 56.5 Å². The van der Waals surface area contributed by atoms with E-state index in [1.807, 2.05) is 18.9 Å². The highest BCUT2D eigenvalue weighted by Gasteiger charge is 2.37. The van der Waals surface area contributed by atoms with Crippen LogP contribution >= 0.6 is 0 Å². The predicted octanol–water partition coefficient (Wildman–Crippen LogP) is 0.665. The zero-order chi connectivity index (χ0) is 7.02. The summed E-state index contributed by atoms with van der Waals surface area (Å²) < 4.78 is 0. The van der Waals surface area contributed by atoms with Gasteiger partial charge in [0.2, 0.25) is 0 Å². The monoisotopic (exact) mass is 129 g/mol. The number of rotatable bonds is 2. The molecule has 1 N–H and O–H groups in total. The van der Waals surface area contributed by atoms with Crippen molar-refractivity contribution >= 4 is 0 Å². The van der Waals surface area contributed by atoms with Gasteiger partial charge in [0, 0.05) is 6.04 Å². The minimum absolute atomic E-state index is 0.278. The van der Waals surface area contributed by atoms with Crippen molar-refractivity contribution in [1.82, 2.24) is 4.90 Å². The lowest BCUT2D eigenvalue weighted by Crippen LogP contribution is -2.31. The summed E-state index contributed by atoms with van der Waals surface area (Å²) in [6, 6.07) is 0.644. The van der Waals surface area contributed by atoms with Crippen LogP contribution in [0.25, 0.3) is 0 Å². The molecule has 0 saturated heterocycles. The first kappa shape index (κ1) is 7.03. The zero-order valence-electron chi connectivity index (χ0n) is 6.33. The van der Waals surface area contributed by atoms with Crippen LogP contribution in [0, 0.1) is 5.92 Å². The molecule has 1 aliphatic rings. The van der Waals surface area contributed by atoms with E-state index in [9.17, 15) is 0 Å². The summed E-state index contributed by atoms with van der Waals surface area (Å²) in [7, 11) is 1.97. The third-order valence-electron chi connectivity index (χ3n) is 2.18. The third-order valence-corrected chi connectivity index (χ3v) is 2.18. The normalized spacial score (nSPS) is 37.0. The Morgan fingerprint density at radius 2 is 2.11 bits per heavy atom. The maximum absolute atomic E-state index is 9.07. The van der Waals surface area contributed by atoms with Gasteiger partial charge in [-0.15, -0.1) is 0 Å². The molecule has 3 unspecified atom stereocenters. The highest BCUT2D eigenvalue weighted by Crippen LogP contribution is 2.34. The molecule has 0 bridgehead atoms. The van der Waals surface area contributed by atoms with Gasteiger partial charge in [-0.1, -0.05) is 6.92 Å². The van der Waals surface area contributed by atoms with Gasteiger partial charge in [0.1, 0.15) is 6.23 Å². The summed E-state index contributed by atoms with van der Waals surface area (Å²) in [5, 5.41) is 9.07. The van der Waals surface area contributed by atoms with E-state index in [-0.39, 0.29) is 6.23 Å². The molecule has 0 aromatic heterocycles. The van der Waals surface area contributed by atoms with E-state index in [4.69, 9.17) is 5.11 Å². The van der Waals surface area contributed by atoms with Gasteiger partial charge in [-0.3, -0.25) is 4.90 Å². The van der Waals surface area contributed by atoms with Crippen LogP contribution in [-0.2, 0) is 0 Å². The molecule has 0 aromatic rings. The van der Waals surface area contributed by atoms with Crippen LogP contribution in [0.1, 0.15) is 20.3 Å². The predicted molar refractivity (Wildman–Crippen MR) is 37.0 cm³/mol. The summed E-state index contributed by atoms with van der Waals surface area (Å²) in [6.45, 7) is 4.02. The minimum atomic E-state index is -0.278. The SMILES string of the molecule is CC1CC1N(C)C(C)O. The number of aliphatic hydroxyl groups excluding tert-OH is 1. The Hall–Kier alpha value is -0.0800. The summed E-state index contributed by atoms with van der Waals surface area (Å²) >= 11 is 0. The first-order valence-electron chi connectivity index (χ1n) is 3.53. The summed E-state index contributed by atoms with van der Waals surface area (Å²) in [4.78, 5) is 2.02. The van der Waals surface area contributed by atoms with Crippen molar-refractivity contribution < 1.29 is 5.11 Å². The van der Waals surface area contributed by atoms with Gasteiger partial charge in [-0.05, 0) is 26.3 Å². The summed E-state index contributed by atoms with van der Waals surface area (Å²) in [5.41, 5.74) is 0. The number of hydrogen-bond acceptors (Lipinski definition) is 2. The molecule has 1 aliphatic carbocycles. The summed E-state index contributed by atoms with van der Waals surface area (Å²) in [6.07, 6.45) is 0.974. The van der Waals surface area contributed by atoms with E-state index in [1.54, 1.807) is 0 Å². The molecule has 1 saturated carbocycles. The van der Waals surface area contributed by atoms with Crippen LogP contribution in [0.4, 0.5) is 0 Å². The fraction of sp³-hybridized carbons (Fsp3) is 1.00. The number of hydrogen-bond donors (Lipinski definition) is 1. The second kappa shape index (κ2) is 2.27. The second-order valence-corrected chi connectivity index (χ2v) is 3.08. The fourth-order valence-electron chi connectivity index (χ4n) is 1.15. The van der Waals surface area contributed by atoms with Gasteiger partial charge in [0.05, 0.1) is 0 Å². The van der Waals surface area contributed by atoms with E-state index >= 15 is 0 Å². The average Bonchev–Trinajstić information content (AvgIpc) is 2.44. The van der Waals surface area contributed by atoms with Crippen molar-refractivity contribution in [2.24, 2.45) is 5.92 Å². The standard InChI is InChI=1S/C7H15NO/c1-5-4-7(5)8(3)6(2)9/h5-7,9H,4H2,1-3H3. The smallest absolute Gasteiger partial charge is 0.104 e. The zero-order valence-corrected chi connectivity index (χ0v) is 6.33. The van der Waals surface area contributed by atoms with Crippen LogP contribution in [0.15, 0.2) is 0 Å². The van der Waals surface area contributed by atoms with Crippen molar-refractivity contribution in [3.05, 3.63) is 0 Å². The Morgan fingerprint density at radius 1 is 1.67 bits per heavy atom. The second-order valence-electron chi connectivity index (χ2n) is 3.08. The Bertz CT molecular complexity index is 103. The maximum Gasteiger partial charge on any atom is 0.104 e. The molecule has 0 aliphatic heterocycles. The molecule has 2 nitrogen and oxygen atoms in total. The molecule has 0 spiro atoms. The Morgan fingerprint density at radius 3 is 2.22 bits per heavy atom. The van der Waals surface area contributed by atoms with Crippen LogP contribution in [-0.4, -0.2) is 29.3 Å². The molecule has 0 heterocycles. The minimum Gasteiger partial charge on any atom is -0.379 e. The molecular weight excluding hydrogens is 114 g/mol. The number of aliphatic hydroxyl groups is 1. The third kappa shape index (κ3) is 1.43. The molecule has 3 atom stereocenters. The van der Waals surface area contributed by atoms with E-state index in [1.165, 1.54) is 6.42 Å². The molecule has 9 heavy (non-hydrogen) atoms. The molecule has 1 fully saturated rings. The topological polar surface area (TPSA) is 23.5 Å². The largest absolute Gasteiger partial charge is 0.379 e. The van der Waals surface area contributed by atoms with Crippen molar-refractivity contribution in [2.75, 3.05) is 7.05 Å². The van der Waals surface area contributed by atoms with Crippen LogP contribution in [0.3, 0.4) is 0 Å².